The van der Waals surface area contributed by atoms with Crippen LogP contribution in [-0.4, -0.2) is 50.5 Å². The van der Waals surface area contributed by atoms with Crippen molar-refractivity contribution in [3.8, 4) is 0 Å². The third-order valence-corrected chi connectivity index (χ3v) is 12.6. The van der Waals surface area contributed by atoms with Crippen LogP contribution in [-0.2, 0) is 14.4 Å². The zero-order valence-electron chi connectivity index (χ0n) is 41.6. The van der Waals surface area contributed by atoms with Gasteiger partial charge in [0.05, 0.1) is 0 Å². The number of carbonyl (C=O) groups excluding carboxylic acids is 3. The van der Waals surface area contributed by atoms with E-state index in [0.717, 1.165) is 122 Å². The smallest absolute Gasteiger partial charge is 0.210 e. The Morgan fingerprint density at radius 2 is 0.619 bits per heavy atom. The van der Waals surface area contributed by atoms with Gasteiger partial charge in [-0.05, 0) is 103 Å². The van der Waals surface area contributed by atoms with E-state index in [1.54, 1.807) is 0 Å². The summed E-state index contributed by atoms with van der Waals surface area (Å²) in [4.78, 5) is 40.3. The minimum absolute atomic E-state index is 0.0314. The average Bonchev–Trinajstić information content (AvgIpc) is 3.29. The fourth-order valence-electron chi connectivity index (χ4n) is 8.24. The van der Waals surface area contributed by atoms with Gasteiger partial charge in [-0.2, -0.15) is 0 Å². The van der Waals surface area contributed by atoms with Gasteiger partial charge in [0.25, 0.3) is 0 Å². The summed E-state index contributed by atoms with van der Waals surface area (Å²) in [5.74, 6) is -2.20. The fraction of sp³-hybridized carbons (Fsp3) is 0.807. The van der Waals surface area contributed by atoms with Crippen molar-refractivity contribution < 1.29 is 29.7 Å². The Kier molecular flexibility index (Phi) is 44.8. The number of allylic oxidation sites excluding steroid dienone is 8. The third-order valence-electron chi connectivity index (χ3n) is 12.6. The molecule has 0 fully saturated rings. The van der Waals surface area contributed by atoms with Gasteiger partial charge < -0.3 is 15.3 Å². The Bertz CT molecular complexity index is 1120. The lowest BCUT2D eigenvalue weighted by atomic mass is 9.79. The van der Waals surface area contributed by atoms with Crippen LogP contribution < -0.4 is 0 Å². The molecule has 3 N–H and O–H groups in total. The molecule has 6 nitrogen and oxygen atoms in total. The largest absolute Gasteiger partial charge is 0.386 e. The van der Waals surface area contributed by atoms with Crippen molar-refractivity contribution in [3.05, 3.63) is 48.6 Å². The monoisotopic (exact) mass is 883 g/mol. The van der Waals surface area contributed by atoms with Crippen molar-refractivity contribution in [3.63, 3.8) is 0 Å². The number of ketones is 3. The molecule has 0 aliphatic carbocycles. The van der Waals surface area contributed by atoms with Gasteiger partial charge in [0, 0.05) is 19.3 Å². The predicted octanol–water partition coefficient (Wildman–Crippen LogP) is 16.0. The molecule has 0 bridgehead atoms. The van der Waals surface area contributed by atoms with Gasteiger partial charge in [0.2, 0.25) is 5.60 Å². The number of hydrogen-bond donors (Lipinski definition) is 3. The van der Waals surface area contributed by atoms with E-state index in [1.807, 2.05) is 0 Å². The van der Waals surface area contributed by atoms with Crippen LogP contribution in [0.25, 0.3) is 0 Å². The van der Waals surface area contributed by atoms with Gasteiger partial charge >= 0.3 is 0 Å². The highest BCUT2D eigenvalue weighted by Gasteiger charge is 2.52. The summed E-state index contributed by atoms with van der Waals surface area (Å²) >= 11 is 0. The summed E-state index contributed by atoms with van der Waals surface area (Å²) in [7, 11) is 0. The second-order valence-electron chi connectivity index (χ2n) is 18.6. The van der Waals surface area contributed by atoms with Gasteiger partial charge in [0.1, 0.15) is 12.2 Å². The Balaban J connectivity index is 4.85. The Morgan fingerprint density at radius 1 is 0.365 bits per heavy atom. The average molecular weight is 883 g/mol. The van der Waals surface area contributed by atoms with Crippen molar-refractivity contribution in [2.75, 3.05) is 0 Å². The van der Waals surface area contributed by atoms with Crippen LogP contribution >= 0.6 is 0 Å². The van der Waals surface area contributed by atoms with Gasteiger partial charge in [-0.15, -0.1) is 0 Å². The SMILES string of the molecule is CCCCC/C=C\C/C=C\CCCCCCCC(=O)C(O)C(O)C(O)(C(=O)CCCCCCC/C=C\CCCCCCCC)C(=O)CCCCCCC/C=C\CCCCCCCC. The molecule has 0 aromatic heterocycles. The van der Waals surface area contributed by atoms with Crippen LogP contribution in [0.1, 0.15) is 278 Å². The molecule has 0 saturated carbocycles. The van der Waals surface area contributed by atoms with Crippen LogP contribution in [0.15, 0.2) is 48.6 Å². The molecule has 0 heterocycles. The van der Waals surface area contributed by atoms with Crippen molar-refractivity contribution in [1.29, 1.82) is 0 Å². The molecule has 0 aromatic carbocycles. The first kappa shape index (κ1) is 60.9. The minimum atomic E-state index is -2.78. The van der Waals surface area contributed by atoms with E-state index in [0.29, 0.717) is 19.3 Å². The second-order valence-corrected chi connectivity index (χ2v) is 18.6. The van der Waals surface area contributed by atoms with Crippen molar-refractivity contribution in [1.82, 2.24) is 0 Å². The van der Waals surface area contributed by atoms with Crippen LogP contribution in [0.4, 0.5) is 0 Å². The van der Waals surface area contributed by atoms with Crippen LogP contribution in [0, 0.1) is 0 Å². The fourth-order valence-corrected chi connectivity index (χ4v) is 8.24. The number of unbranched alkanes of at least 4 members (excludes halogenated alkanes) is 30. The normalized spacial score (nSPS) is 13.4. The maximum atomic E-state index is 13.6. The summed E-state index contributed by atoms with van der Waals surface area (Å²) in [6.07, 6.45) is 54.0. The number of Topliss-reactive ketones (excluding diaryl/α,β-unsaturated/α-hetero) is 3. The molecule has 6 heteroatoms. The Morgan fingerprint density at radius 3 is 0.968 bits per heavy atom. The number of carbonyl (C=O) groups is 3. The minimum Gasteiger partial charge on any atom is -0.386 e. The highest BCUT2D eigenvalue weighted by atomic mass is 16.4. The third kappa shape index (κ3) is 35.8. The van der Waals surface area contributed by atoms with Gasteiger partial charge in [-0.1, -0.05) is 204 Å². The number of aliphatic hydroxyl groups excluding tert-OH is 2. The van der Waals surface area contributed by atoms with Crippen molar-refractivity contribution in [2.45, 2.75) is 295 Å². The summed E-state index contributed by atoms with van der Waals surface area (Å²) in [6.45, 7) is 6.71. The summed E-state index contributed by atoms with van der Waals surface area (Å²) in [5.41, 5.74) is -2.78. The maximum Gasteiger partial charge on any atom is 0.210 e. The van der Waals surface area contributed by atoms with E-state index in [9.17, 15) is 29.7 Å². The molecular weight excluding hydrogens is 781 g/mol. The predicted molar refractivity (Wildman–Crippen MR) is 270 cm³/mol. The van der Waals surface area contributed by atoms with E-state index in [2.05, 4.69) is 69.4 Å². The highest BCUT2D eigenvalue weighted by molar-refractivity contribution is 6.11. The topological polar surface area (TPSA) is 112 Å². The lowest BCUT2D eigenvalue weighted by Gasteiger charge is -2.32. The molecule has 0 rings (SSSR count). The first-order valence-electron chi connectivity index (χ1n) is 27.0. The lowest BCUT2D eigenvalue weighted by Crippen LogP contribution is -2.61. The summed E-state index contributed by atoms with van der Waals surface area (Å²) < 4.78 is 0. The molecule has 0 saturated heterocycles. The van der Waals surface area contributed by atoms with Crippen molar-refractivity contribution >= 4 is 17.3 Å². The Hall–Kier alpha value is -2.15. The molecule has 63 heavy (non-hydrogen) atoms. The molecule has 0 radical (unpaired) electrons. The lowest BCUT2D eigenvalue weighted by molar-refractivity contribution is -0.174. The van der Waals surface area contributed by atoms with E-state index in [1.165, 1.54) is 96.3 Å². The maximum absolute atomic E-state index is 13.6. The zero-order chi connectivity index (χ0) is 46.3. The number of aliphatic hydroxyl groups is 3. The van der Waals surface area contributed by atoms with E-state index < -0.39 is 35.2 Å². The quantitative estimate of drug-likeness (QED) is 0.0319. The zero-order valence-corrected chi connectivity index (χ0v) is 41.6. The van der Waals surface area contributed by atoms with Crippen LogP contribution in [0.5, 0.6) is 0 Å². The number of hydrogen-bond acceptors (Lipinski definition) is 6. The molecule has 0 aromatic rings. The Labute approximate surface area is 389 Å². The molecule has 366 valence electrons. The van der Waals surface area contributed by atoms with Gasteiger partial charge in [-0.25, -0.2) is 0 Å². The molecule has 0 spiro atoms. The number of rotatable bonds is 49. The first-order valence-corrected chi connectivity index (χ1v) is 27.0. The van der Waals surface area contributed by atoms with Crippen LogP contribution in [0.2, 0.25) is 0 Å². The van der Waals surface area contributed by atoms with E-state index >= 15 is 0 Å². The second kappa shape index (κ2) is 46.4. The van der Waals surface area contributed by atoms with Gasteiger partial charge in [-0.3, -0.25) is 14.4 Å². The van der Waals surface area contributed by atoms with E-state index in [-0.39, 0.29) is 19.3 Å². The summed E-state index contributed by atoms with van der Waals surface area (Å²) in [6, 6.07) is 0. The molecular formula is C57H102O6. The molecule has 0 aliphatic heterocycles. The first-order chi connectivity index (χ1) is 30.8. The van der Waals surface area contributed by atoms with Crippen LogP contribution in [0.3, 0.4) is 0 Å². The highest BCUT2D eigenvalue weighted by Crippen LogP contribution is 2.25. The molecule has 0 amide bonds. The van der Waals surface area contributed by atoms with Crippen molar-refractivity contribution in [2.24, 2.45) is 0 Å². The molecule has 0 aliphatic rings. The molecule has 2 atom stereocenters. The molecule has 2 unspecified atom stereocenters. The standard InChI is InChI=1S/C57H102O6/c1-4-7-10-13-16-19-22-25-28-31-34-37-40-43-46-49-52(58)55(61)56(62)57(63,53(59)50-47-44-41-38-35-32-29-26-23-20-17-14-11-8-5-2)54(60)51-48-45-42-39-36-33-30-27-24-21-18-15-12-9-6-3/h16,19,25-30,55-56,61-63H,4-15,17-18,20-24,31-51H2,1-3H3/b19-16-,28-25-,29-26-,30-27-. The van der Waals surface area contributed by atoms with Gasteiger partial charge in [0.15, 0.2) is 17.3 Å². The summed E-state index contributed by atoms with van der Waals surface area (Å²) in [5, 5.41) is 33.9. The van der Waals surface area contributed by atoms with E-state index in [4.69, 9.17) is 0 Å².